The second-order valence-electron chi connectivity index (χ2n) is 9.92. The number of carbonyl (C=O) groups is 1. The largest absolute Gasteiger partial charge is 0.492 e. The zero-order chi connectivity index (χ0) is 26.0. The van der Waals surface area contributed by atoms with E-state index in [-0.39, 0.29) is 11.3 Å². The van der Waals surface area contributed by atoms with Gasteiger partial charge >= 0.3 is 0 Å². The summed E-state index contributed by atoms with van der Waals surface area (Å²) >= 11 is 0. The van der Waals surface area contributed by atoms with Gasteiger partial charge in [-0.1, -0.05) is 38.1 Å². The minimum atomic E-state index is -0.213. The molecule has 5 rings (SSSR count). The molecule has 0 aliphatic carbocycles. The molecular weight excluding hydrogens is 470 g/mol. The highest BCUT2D eigenvalue weighted by atomic mass is 16.5. The summed E-state index contributed by atoms with van der Waals surface area (Å²) in [7, 11) is 0. The number of piperazine rings is 1. The Morgan fingerprint density at radius 2 is 1.86 bits per heavy atom. The van der Waals surface area contributed by atoms with Crippen molar-refractivity contribution in [3.63, 3.8) is 0 Å². The molecule has 1 fully saturated rings. The Hall–Kier alpha value is -4.21. The maximum Gasteiger partial charge on any atom is 0.274 e. The molecule has 1 amide bonds. The van der Waals surface area contributed by atoms with E-state index in [1.807, 2.05) is 62.9 Å². The molecule has 0 spiro atoms. The van der Waals surface area contributed by atoms with Crippen molar-refractivity contribution in [3.8, 4) is 23.0 Å². The number of amides is 1. The van der Waals surface area contributed by atoms with Gasteiger partial charge in [-0.05, 0) is 31.2 Å². The molecular formula is C27H31N7O3. The molecule has 10 nitrogen and oxygen atoms in total. The van der Waals surface area contributed by atoms with E-state index in [9.17, 15) is 4.79 Å². The van der Waals surface area contributed by atoms with Gasteiger partial charge in [-0.3, -0.25) is 9.36 Å². The van der Waals surface area contributed by atoms with Crippen LogP contribution in [0.2, 0.25) is 0 Å². The summed E-state index contributed by atoms with van der Waals surface area (Å²) < 4.78 is 13.0. The van der Waals surface area contributed by atoms with Gasteiger partial charge in [0.05, 0.1) is 12.3 Å². The fourth-order valence-corrected chi connectivity index (χ4v) is 4.20. The summed E-state index contributed by atoms with van der Waals surface area (Å²) in [5.74, 6) is 2.44. The van der Waals surface area contributed by atoms with Crippen LogP contribution in [0.3, 0.4) is 0 Å². The van der Waals surface area contributed by atoms with Crippen LogP contribution in [-0.2, 0) is 5.41 Å². The number of ether oxygens (including phenoxy) is 1. The van der Waals surface area contributed by atoms with Gasteiger partial charge in [0, 0.05) is 49.6 Å². The number of pyridine rings is 1. The van der Waals surface area contributed by atoms with Crippen molar-refractivity contribution >= 4 is 11.6 Å². The molecule has 192 valence electrons. The summed E-state index contributed by atoms with van der Waals surface area (Å²) in [6, 6.07) is 11.7. The van der Waals surface area contributed by atoms with E-state index in [1.165, 1.54) is 0 Å². The first kappa shape index (κ1) is 24.5. The molecule has 4 aromatic rings. The first-order chi connectivity index (χ1) is 17.8. The van der Waals surface area contributed by atoms with E-state index in [0.29, 0.717) is 42.9 Å². The van der Waals surface area contributed by atoms with E-state index in [1.54, 1.807) is 23.3 Å². The quantitative estimate of drug-likeness (QED) is 0.391. The Morgan fingerprint density at radius 3 is 2.59 bits per heavy atom. The second-order valence-corrected chi connectivity index (χ2v) is 9.92. The van der Waals surface area contributed by atoms with Crippen LogP contribution in [0.15, 0.2) is 59.6 Å². The van der Waals surface area contributed by atoms with Crippen molar-refractivity contribution in [2.75, 3.05) is 37.7 Å². The fraction of sp³-hybridized carbons (Fsp3) is 0.370. The number of aromatic nitrogens is 5. The number of rotatable bonds is 6. The Labute approximate surface area is 215 Å². The van der Waals surface area contributed by atoms with Crippen LogP contribution in [0.5, 0.6) is 5.75 Å². The third kappa shape index (κ3) is 5.18. The van der Waals surface area contributed by atoms with Crippen LogP contribution in [0, 0.1) is 0 Å². The van der Waals surface area contributed by atoms with Gasteiger partial charge in [-0.2, -0.15) is 4.98 Å². The van der Waals surface area contributed by atoms with Crippen molar-refractivity contribution in [3.05, 3.63) is 66.6 Å². The van der Waals surface area contributed by atoms with Crippen LogP contribution in [0.25, 0.3) is 17.3 Å². The van der Waals surface area contributed by atoms with Crippen molar-refractivity contribution in [1.82, 2.24) is 29.6 Å². The van der Waals surface area contributed by atoms with E-state index in [4.69, 9.17) is 9.26 Å². The van der Waals surface area contributed by atoms with Crippen molar-refractivity contribution in [1.29, 1.82) is 0 Å². The average molecular weight is 502 g/mol. The van der Waals surface area contributed by atoms with Crippen LogP contribution < -0.4 is 9.64 Å². The average Bonchev–Trinajstić information content (AvgIpc) is 3.60. The highest BCUT2D eigenvalue weighted by molar-refractivity contribution is 5.92. The molecule has 0 atom stereocenters. The molecule has 37 heavy (non-hydrogen) atoms. The van der Waals surface area contributed by atoms with Gasteiger partial charge < -0.3 is 19.1 Å². The second kappa shape index (κ2) is 10.0. The predicted octanol–water partition coefficient (Wildman–Crippen LogP) is 3.98. The highest BCUT2D eigenvalue weighted by Gasteiger charge is 2.26. The SMILES string of the molecule is CCOc1ccccc1N1CCN(C(=O)c2cn(-c3cc(-c4nc(C(C)(C)C)no4)ccn3)cn2)CC1. The molecule has 3 aromatic heterocycles. The lowest BCUT2D eigenvalue weighted by molar-refractivity contribution is 0.0741. The maximum absolute atomic E-state index is 13.2. The molecule has 0 bridgehead atoms. The van der Waals surface area contributed by atoms with E-state index >= 15 is 0 Å². The Bertz CT molecular complexity index is 1380. The molecule has 10 heteroatoms. The monoisotopic (exact) mass is 501 g/mol. The zero-order valence-electron chi connectivity index (χ0n) is 21.6. The van der Waals surface area contributed by atoms with Crippen LogP contribution in [-0.4, -0.2) is 68.3 Å². The molecule has 0 radical (unpaired) electrons. The van der Waals surface area contributed by atoms with Crippen molar-refractivity contribution < 1.29 is 14.1 Å². The molecule has 0 saturated carbocycles. The van der Waals surface area contributed by atoms with Gasteiger partial charge in [-0.15, -0.1) is 0 Å². The number of hydrogen-bond donors (Lipinski definition) is 0. The van der Waals surface area contributed by atoms with E-state index < -0.39 is 0 Å². The minimum absolute atomic E-state index is 0.0978. The van der Waals surface area contributed by atoms with Gasteiger partial charge in [0.25, 0.3) is 11.8 Å². The predicted molar refractivity (Wildman–Crippen MR) is 139 cm³/mol. The number of carbonyl (C=O) groups excluding carboxylic acids is 1. The number of imidazole rings is 1. The smallest absolute Gasteiger partial charge is 0.274 e. The molecule has 4 heterocycles. The molecule has 0 N–H and O–H groups in total. The number of nitrogens with zero attached hydrogens (tertiary/aromatic N) is 7. The fourth-order valence-electron chi connectivity index (χ4n) is 4.20. The van der Waals surface area contributed by atoms with Gasteiger partial charge in [0.1, 0.15) is 23.6 Å². The summed E-state index contributed by atoms with van der Waals surface area (Å²) in [6.45, 7) is 11.3. The molecule has 0 unspecified atom stereocenters. The van der Waals surface area contributed by atoms with Crippen LogP contribution in [0.4, 0.5) is 5.69 Å². The molecule has 1 aliphatic heterocycles. The normalized spacial score (nSPS) is 14.2. The van der Waals surface area contributed by atoms with Gasteiger partial charge in [-0.25, -0.2) is 9.97 Å². The third-order valence-corrected chi connectivity index (χ3v) is 6.23. The summed E-state index contributed by atoms with van der Waals surface area (Å²) in [4.78, 5) is 30.6. The first-order valence-corrected chi connectivity index (χ1v) is 12.4. The molecule has 1 saturated heterocycles. The Kier molecular flexibility index (Phi) is 6.64. The van der Waals surface area contributed by atoms with Crippen LogP contribution in [0.1, 0.15) is 44.0 Å². The summed E-state index contributed by atoms with van der Waals surface area (Å²) in [5, 5.41) is 4.10. The van der Waals surface area contributed by atoms with E-state index in [2.05, 4.69) is 31.1 Å². The van der Waals surface area contributed by atoms with Crippen molar-refractivity contribution in [2.45, 2.75) is 33.1 Å². The first-order valence-electron chi connectivity index (χ1n) is 12.4. The number of hydrogen-bond acceptors (Lipinski definition) is 8. The minimum Gasteiger partial charge on any atom is -0.492 e. The Balaban J connectivity index is 1.27. The van der Waals surface area contributed by atoms with Crippen LogP contribution >= 0.6 is 0 Å². The number of para-hydroxylation sites is 2. The standard InChI is InChI=1S/C27H31N7O3/c1-5-36-22-9-7-6-8-21(22)32-12-14-33(15-13-32)25(35)20-17-34(18-29-20)23-16-19(10-11-28-23)24-30-26(31-37-24)27(2,3)4/h6-11,16-18H,5,12-15H2,1-4H3. The Morgan fingerprint density at radius 1 is 1.08 bits per heavy atom. The summed E-state index contributed by atoms with van der Waals surface area (Å²) in [5.41, 5.74) is 1.97. The highest BCUT2D eigenvalue weighted by Crippen LogP contribution is 2.29. The van der Waals surface area contributed by atoms with E-state index in [0.717, 1.165) is 30.1 Å². The number of anilines is 1. The lowest BCUT2D eigenvalue weighted by Crippen LogP contribution is -2.49. The summed E-state index contributed by atoms with van der Waals surface area (Å²) in [6.07, 6.45) is 4.98. The number of benzene rings is 1. The van der Waals surface area contributed by atoms with Crippen molar-refractivity contribution in [2.24, 2.45) is 0 Å². The zero-order valence-corrected chi connectivity index (χ0v) is 21.6. The maximum atomic E-state index is 13.2. The van der Waals surface area contributed by atoms with Gasteiger partial charge in [0.2, 0.25) is 0 Å². The topological polar surface area (TPSA) is 102 Å². The lowest BCUT2D eigenvalue weighted by Gasteiger charge is -2.36. The van der Waals surface area contributed by atoms with Gasteiger partial charge in [0.15, 0.2) is 5.82 Å². The lowest BCUT2D eigenvalue weighted by atomic mass is 9.96. The molecule has 1 aromatic carbocycles. The molecule has 1 aliphatic rings. The third-order valence-electron chi connectivity index (χ3n) is 6.23.